The molecule has 0 aliphatic carbocycles. The van der Waals surface area contributed by atoms with Gasteiger partial charge in [-0.2, -0.15) is 0 Å². The average molecular weight is 358 g/mol. The molecule has 132 valence electrons. The van der Waals surface area contributed by atoms with Crippen LogP contribution in [0.3, 0.4) is 0 Å². The molecule has 2 aromatic rings. The molecule has 1 aliphatic heterocycles. The van der Waals surface area contributed by atoms with E-state index in [9.17, 15) is 4.79 Å². The minimum atomic E-state index is -0.245. The van der Waals surface area contributed by atoms with E-state index in [1.807, 2.05) is 25.2 Å². The van der Waals surface area contributed by atoms with Crippen LogP contribution in [0.15, 0.2) is 36.5 Å². The monoisotopic (exact) mass is 358 g/mol. The SMILES string of the molecule is COC(=O)CCN1C(=S)N[C@@H](c2ccccn2)[C@H]1c1ccc(C)n1C. The van der Waals surface area contributed by atoms with Gasteiger partial charge < -0.3 is 19.5 Å². The van der Waals surface area contributed by atoms with Gasteiger partial charge in [0.1, 0.15) is 0 Å². The number of carbonyl (C=O) groups is 1. The fraction of sp³-hybridized carbons (Fsp3) is 0.389. The van der Waals surface area contributed by atoms with Gasteiger partial charge in [-0.1, -0.05) is 6.07 Å². The Bertz CT molecular complexity index is 775. The first-order valence-electron chi connectivity index (χ1n) is 8.20. The van der Waals surface area contributed by atoms with Crippen LogP contribution in [-0.4, -0.2) is 39.2 Å². The molecule has 0 radical (unpaired) electrons. The number of pyridine rings is 1. The topological polar surface area (TPSA) is 59.4 Å². The van der Waals surface area contributed by atoms with Gasteiger partial charge in [-0.15, -0.1) is 0 Å². The number of thiocarbonyl (C=S) groups is 1. The Hall–Kier alpha value is -2.41. The maximum atomic E-state index is 11.6. The van der Waals surface area contributed by atoms with E-state index in [-0.39, 0.29) is 24.5 Å². The molecule has 0 amide bonds. The highest BCUT2D eigenvalue weighted by molar-refractivity contribution is 7.80. The third kappa shape index (κ3) is 3.37. The summed E-state index contributed by atoms with van der Waals surface area (Å²) in [5, 5.41) is 4.00. The Morgan fingerprint density at radius 2 is 2.16 bits per heavy atom. The molecule has 1 aliphatic rings. The first-order chi connectivity index (χ1) is 12.0. The van der Waals surface area contributed by atoms with E-state index in [1.54, 1.807) is 6.20 Å². The Labute approximate surface area is 152 Å². The third-order valence-corrected chi connectivity index (χ3v) is 5.05. The summed E-state index contributed by atoms with van der Waals surface area (Å²) in [5.41, 5.74) is 3.22. The molecule has 0 saturated carbocycles. The van der Waals surface area contributed by atoms with Crippen LogP contribution in [0.4, 0.5) is 0 Å². The number of aromatic nitrogens is 2. The second kappa shape index (κ2) is 7.23. The lowest BCUT2D eigenvalue weighted by Crippen LogP contribution is -2.32. The molecule has 25 heavy (non-hydrogen) atoms. The summed E-state index contributed by atoms with van der Waals surface area (Å²) in [5.74, 6) is -0.245. The Balaban J connectivity index is 1.97. The van der Waals surface area contributed by atoms with Crippen LogP contribution in [0.1, 0.15) is 35.6 Å². The average Bonchev–Trinajstić information content (AvgIpc) is 3.13. The quantitative estimate of drug-likeness (QED) is 0.654. The molecular weight excluding hydrogens is 336 g/mol. The first kappa shape index (κ1) is 17.4. The van der Waals surface area contributed by atoms with Crippen molar-refractivity contribution >= 4 is 23.3 Å². The van der Waals surface area contributed by atoms with Crippen molar-refractivity contribution in [2.75, 3.05) is 13.7 Å². The van der Waals surface area contributed by atoms with Crippen molar-refractivity contribution in [2.24, 2.45) is 7.05 Å². The second-order valence-electron chi connectivity index (χ2n) is 6.10. The zero-order chi connectivity index (χ0) is 18.0. The van der Waals surface area contributed by atoms with Crippen molar-refractivity contribution in [1.82, 2.24) is 19.8 Å². The number of aryl methyl sites for hydroxylation is 1. The minimum Gasteiger partial charge on any atom is -0.469 e. The lowest BCUT2D eigenvalue weighted by atomic mass is 10.0. The van der Waals surface area contributed by atoms with Crippen molar-refractivity contribution in [3.05, 3.63) is 53.6 Å². The molecule has 6 nitrogen and oxygen atoms in total. The van der Waals surface area contributed by atoms with Gasteiger partial charge in [-0.3, -0.25) is 9.78 Å². The van der Waals surface area contributed by atoms with Crippen molar-refractivity contribution in [1.29, 1.82) is 0 Å². The number of nitrogens with zero attached hydrogens (tertiary/aromatic N) is 3. The Morgan fingerprint density at radius 3 is 2.76 bits per heavy atom. The Morgan fingerprint density at radius 1 is 1.36 bits per heavy atom. The van der Waals surface area contributed by atoms with Gasteiger partial charge in [0.05, 0.1) is 31.3 Å². The van der Waals surface area contributed by atoms with E-state index >= 15 is 0 Å². The predicted octanol–water partition coefficient (Wildman–Crippen LogP) is 2.26. The second-order valence-corrected chi connectivity index (χ2v) is 6.49. The van der Waals surface area contributed by atoms with Crippen molar-refractivity contribution in [3.8, 4) is 0 Å². The molecule has 3 rings (SSSR count). The van der Waals surface area contributed by atoms with Gasteiger partial charge in [0, 0.05) is 31.2 Å². The Kier molecular flexibility index (Phi) is 5.03. The van der Waals surface area contributed by atoms with Crippen molar-refractivity contribution in [2.45, 2.75) is 25.4 Å². The summed E-state index contributed by atoms with van der Waals surface area (Å²) in [6, 6.07) is 9.95. The third-order valence-electron chi connectivity index (χ3n) is 4.70. The van der Waals surface area contributed by atoms with Crippen LogP contribution in [-0.2, 0) is 16.6 Å². The smallest absolute Gasteiger partial charge is 0.307 e. The van der Waals surface area contributed by atoms with Gasteiger partial charge in [-0.25, -0.2) is 0 Å². The molecule has 0 aromatic carbocycles. The summed E-state index contributed by atoms with van der Waals surface area (Å²) in [7, 11) is 3.44. The first-order valence-corrected chi connectivity index (χ1v) is 8.61. The summed E-state index contributed by atoms with van der Waals surface area (Å²) in [6.45, 7) is 2.56. The largest absolute Gasteiger partial charge is 0.469 e. The van der Waals surface area contributed by atoms with E-state index in [0.29, 0.717) is 11.7 Å². The number of hydrogen-bond donors (Lipinski definition) is 1. The fourth-order valence-electron chi connectivity index (χ4n) is 3.21. The number of methoxy groups -OCH3 is 1. The van der Waals surface area contributed by atoms with E-state index in [2.05, 4.69) is 38.8 Å². The maximum Gasteiger partial charge on any atom is 0.307 e. The molecule has 1 saturated heterocycles. The summed E-state index contributed by atoms with van der Waals surface area (Å²) in [4.78, 5) is 18.2. The zero-order valence-corrected chi connectivity index (χ0v) is 15.4. The predicted molar refractivity (Wildman–Crippen MR) is 98.9 cm³/mol. The van der Waals surface area contributed by atoms with Gasteiger partial charge in [0.15, 0.2) is 5.11 Å². The molecule has 0 bridgehead atoms. The molecular formula is C18H22N4O2S. The lowest BCUT2D eigenvalue weighted by molar-refractivity contribution is -0.140. The van der Waals surface area contributed by atoms with Crippen LogP contribution >= 0.6 is 12.2 Å². The fourth-order valence-corrected chi connectivity index (χ4v) is 3.54. The number of hydrogen-bond acceptors (Lipinski definition) is 4. The van der Waals surface area contributed by atoms with Crippen LogP contribution < -0.4 is 5.32 Å². The molecule has 2 aromatic heterocycles. The van der Waals surface area contributed by atoms with Crippen LogP contribution in [0, 0.1) is 6.92 Å². The van der Waals surface area contributed by atoms with Gasteiger partial charge in [0.25, 0.3) is 0 Å². The lowest BCUT2D eigenvalue weighted by Gasteiger charge is -2.28. The normalized spacial score (nSPS) is 19.8. The number of rotatable bonds is 5. The van der Waals surface area contributed by atoms with Crippen LogP contribution in [0.25, 0.3) is 0 Å². The summed E-state index contributed by atoms with van der Waals surface area (Å²) in [6.07, 6.45) is 2.07. The zero-order valence-electron chi connectivity index (χ0n) is 14.6. The summed E-state index contributed by atoms with van der Waals surface area (Å²) < 4.78 is 6.93. The van der Waals surface area contributed by atoms with Crippen LogP contribution in [0.5, 0.6) is 0 Å². The highest BCUT2D eigenvalue weighted by atomic mass is 32.1. The number of nitrogens with one attached hydrogen (secondary N) is 1. The van der Waals surface area contributed by atoms with Gasteiger partial charge >= 0.3 is 5.97 Å². The highest BCUT2D eigenvalue weighted by Crippen LogP contribution is 2.38. The van der Waals surface area contributed by atoms with E-state index in [4.69, 9.17) is 17.0 Å². The van der Waals surface area contributed by atoms with E-state index in [0.717, 1.165) is 11.4 Å². The van der Waals surface area contributed by atoms with E-state index < -0.39 is 0 Å². The number of ether oxygens (including phenoxy) is 1. The molecule has 3 heterocycles. The highest BCUT2D eigenvalue weighted by Gasteiger charge is 2.41. The molecule has 0 spiro atoms. The van der Waals surface area contributed by atoms with Gasteiger partial charge in [0.2, 0.25) is 0 Å². The molecule has 1 fully saturated rings. The van der Waals surface area contributed by atoms with Crippen molar-refractivity contribution < 1.29 is 9.53 Å². The number of carbonyl (C=O) groups excluding carboxylic acids is 1. The standard InChI is InChI=1S/C18H22N4O2S/c1-12-7-8-14(21(12)2)17-16(13-6-4-5-10-19-13)20-18(25)22(17)11-9-15(23)24-3/h4-8,10,16-17H,9,11H2,1-3H3,(H,20,25)/t16-,17+/m0/s1. The summed E-state index contributed by atoms with van der Waals surface area (Å²) >= 11 is 5.56. The number of esters is 1. The molecule has 7 heteroatoms. The molecule has 0 unspecified atom stereocenters. The van der Waals surface area contributed by atoms with Crippen molar-refractivity contribution in [3.63, 3.8) is 0 Å². The molecule has 2 atom stereocenters. The maximum absolute atomic E-state index is 11.6. The molecule has 1 N–H and O–H groups in total. The van der Waals surface area contributed by atoms with Crippen LogP contribution in [0.2, 0.25) is 0 Å². The van der Waals surface area contributed by atoms with E-state index in [1.165, 1.54) is 12.8 Å². The minimum absolute atomic E-state index is 0.0363. The van der Waals surface area contributed by atoms with Gasteiger partial charge in [-0.05, 0) is 43.4 Å².